The summed E-state index contributed by atoms with van der Waals surface area (Å²) in [6.45, 7) is 0. The van der Waals surface area contributed by atoms with Crippen molar-refractivity contribution in [3.8, 4) is 0 Å². The van der Waals surface area contributed by atoms with Gasteiger partial charge in [-0.25, -0.2) is 9.78 Å². The Morgan fingerprint density at radius 2 is 1.84 bits per heavy atom. The number of carboxylic acids is 1. The first-order chi connectivity index (χ1) is 9.06. The molecule has 2 aromatic rings. The van der Waals surface area contributed by atoms with Crippen molar-refractivity contribution in [3.05, 3.63) is 58.9 Å². The van der Waals surface area contributed by atoms with E-state index < -0.39 is 5.97 Å². The summed E-state index contributed by atoms with van der Waals surface area (Å²) in [5.74, 6) is -1.50. The standard InChI is InChI=1S/C13H9ClN2O3/c14-9-3-1-8(2-4-9)12(17)16-10-5-6-15-11(7-10)13(18)19/h1-7H,(H,18,19)(H,15,16,17). The van der Waals surface area contributed by atoms with Gasteiger partial charge >= 0.3 is 5.97 Å². The number of aromatic carboxylic acids is 1. The van der Waals surface area contributed by atoms with Gasteiger partial charge in [0.1, 0.15) is 5.69 Å². The number of anilines is 1. The number of benzene rings is 1. The number of aromatic nitrogens is 1. The fourth-order valence-corrected chi connectivity index (χ4v) is 1.56. The third-order valence-corrected chi connectivity index (χ3v) is 2.60. The number of halogens is 1. The average molecular weight is 277 g/mol. The molecule has 0 unspecified atom stereocenters. The predicted octanol–water partition coefficient (Wildman–Crippen LogP) is 2.69. The molecule has 6 heteroatoms. The summed E-state index contributed by atoms with van der Waals surface area (Å²) in [6.07, 6.45) is 1.32. The summed E-state index contributed by atoms with van der Waals surface area (Å²) in [6, 6.07) is 9.17. The number of hydrogen-bond acceptors (Lipinski definition) is 3. The highest BCUT2D eigenvalue weighted by molar-refractivity contribution is 6.30. The second-order valence-electron chi connectivity index (χ2n) is 3.70. The van der Waals surface area contributed by atoms with Crippen molar-refractivity contribution in [1.82, 2.24) is 4.98 Å². The summed E-state index contributed by atoms with van der Waals surface area (Å²) >= 11 is 5.73. The van der Waals surface area contributed by atoms with E-state index in [4.69, 9.17) is 16.7 Å². The van der Waals surface area contributed by atoms with Gasteiger partial charge in [0.2, 0.25) is 0 Å². The van der Waals surface area contributed by atoms with E-state index in [1.165, 1.54) is 18.3 Å². The van der Waals surface area contributed by atoms with Crippen molar-refractivity contribution in [3.63, 3.8) is 0 Å². The summed E-state index contributed by atoms with van der Waals surface area (Å²) < 4.78 is 0. The van der Waals surface area contributed by atoms with Gasteiger partial charge in [-0.1, -0.05) is 11.6 Å². The number of carbonyl (C=O) groups is 2. The third-order valence-electron chi connectivity index (χ3n) is 2.34. The maximum absolute atomic E-state index is 11.9. The number of hydrogen-bond donors (Lipinski definition) is 2. The second-order valence-corrected chi connectivity index (χ2v) is 4.13. The smallest absolute Gasteiger partial charge is 0.354 e. The zero-order valence-corrected chi connectivity index (χ0v) is 10.4. The van der Waals surface area contributed by atoms with Gasteiger partial charge in [0, 0.05) is 22.5 Å². The molecule has 0 spiro atoms. The van der Waals surface area contributed by atoms with Gasteiger partial charge in [0.25, 0.3) is 5.91 Å². The topological polar surface area (TPSA) is 79.3 Å². The minimum atomic E-state index is -1.15. The number of amides is 1. The monoisotopic (exact) mass is 276 g/mol. The maximum atomic E-state index is 11.9. The minimum absolute atomic E-state index is 0.131. The SMILES string of the molecule is O=C(Nc1ccnc(C(=O)O)c1)c1ccc(Cl)cc1. The highest BCUT2D eigenvalue weighted by Crippen LogP contribution is 2.13. The van der Waals surface area contributed by atoms with Crippen molar-refractivity contribution in [2.75, 3.05) is 5.32 Å². The molecule has 1 aromatic carbocycles. The number of rotatable bonds is 3. The molecule has 2 N–H and O–H groups in total. The van der Waals surface area contributed by atoms with Crippen molar-refractivity contribution >= 4 is 29.2 Å². The van der Waals surface area contributed by atoms with Crippen LogP contribution in [0, 0.1) is 0 Å². The molecule has 0 saturated carbocycles. The lowest BCUT2D eigenvalue weighted by atomic mass is 10.2. The quantitative estimate of drug-likeness (QED) is 0.903. The highest BCUT2D eigenvalue weighted by Gasteiger charge is 2.09. The Morgan fingerprint density at radius 3 is 2.47 bits per heavy atom. The lowest BCUT2D eigenvalue weighted by Gasteiger charge is -2.05. The Bertz CT molecular complexity index is 626. The van der Waals surface area contributed by atoms with Crippen LogP contribution in [0.3, 0.4) is 0 Å². The number of carboxylic acid groups (broad SMARTS) is 1. The molecule has 0 radical (unpaired) electrons. The molecular formula is C13H9ClN2O3. The Hall–Kier alpha value is -2.40. The van der Waals surface area contributed by atoms with Crippen molar-refractivity contribution < 1.29 is 14.7 Å². The van der Waals surface area contributed by atoms with Crippen LogP contribution in [0.25, 0.3) is 0 Å². The molecule has 0 saturated heterocycles. The Balaban J connectivity index is 2.17. The van der Waals surface area contributed by atoms with E-state index in [0.29, 0.717) is 16.3 Å². The van der Waals surface area contributed by atoms with Crippen LogP contribution in [0.2, 0.25) is 5.02 Å². The van der Waals surface area contributed by atoms with E-state index in [1.54, 1.807) is 24.3 Å². The Morgan fingerprint density at radius 1 is 1.16 bits per heavy atom. The molecule has 5 nitrogen and oxygen atoms in total. The first-order valence-electron chi connectivity index (χ1n) is 5.32. The van der Waals surface area contributed by atoms with Crippen molar-refractivity contribution in [2.24, 2.45) is 0 Å². The van der Waals surface area contributed by atoms with Crippen LogP contribution >= 0.6 is 11.6 Å². The Labute approximate surface area is 113 Å². The van der Waals surface area contributed by atoms with Crippen molar-refractivity contribution in [1.29, 1.82) is 0 Å². The van der Waals surface area contributed by atoms with Gasteiger partial charge in [-0.2, -0.15) is 0 Å². The molecule has 0 aliphatic rings. The summed E-state index contributed by atoms with van der Waals surface area (Å²) in [5, 5.41) is 11.9. The largest absolute Gasteiger partial charge is 0.477 e. The van der Waals surface area contributed by atoms with Crippen LogP contribution in [0.5, 0.6) is 0 Å². The molecule has 1 amide bonds. The zero-order valence-electron chi connectivity index (χ0n) is 9.63. The minimum Gasteiger partial charge on any atom is -0.477 e. The summed E-state index contributed by atoms with van der Waals surface area (Å²) in [7, 11) is 0. The first-order valence-corrected chi connectivity index (χ1v) is 5.70. The molecule has 1 aromatic heterocycles. The molecule has 0 atom stereocenters. The van der Waals surface area contributed by atoms with Gasteiger partial charge in [-0.3, -0.25) is 4.79 Å². The normalized spacial score (nSPS) is 9.95. The van der Waals surface area contributed by atoms with E-state index in [0.717, 1.165) is 0 Å². The summed E-state index contributed by atoms with van der Waals surface area (Å²) in [4.78, 5) is 26.3. The fraction of sp³-hybridized carbons (Fsp3) is 0. The summed E-state index contributed by atoms with van der Waals surface area (Å²) in [5.41, 5.74) is 0.666. The van der Waals surface area contributed by atoms with Gasteiger partial charge in [0.15, 0.2) is 0 Å². The van der Waals surface area contributed by atoms with E-state index in [-0.39, 0.29) is 11.6 Å². The van der Waals surface area contributed by atoms with Crippen LogP contribution in [-0.2, 0) is 0 Å². The van der Waals surface area contributed by atoms with Gasteiger partial charge in [-0.05, 0) is 36.4 Å². The highest BCUT2D eigenvalue weighted by atomic mass is 35.5. The van der Waals surface area contributed by atoms with Crippen LogP contribution < -0.4 is 5.32 Å². The molecular weight excluding hydrogens is 268 g/mol. The number of nitrogens with one attached hydrogen (secondary N) is 1. The first kappa shape index (κ1) is 13.0. The van der Waals surface area contributed by atoms with E-state index in [1.807, 2.05) is 0 Å². The van der Waals surface area contributed by atoms with Crippen molar-refractivity contribution in [2.45, 2.75) is 0 Å². The average Bonchev–Trinajstić information content (AvgIpc) is 2.39. The third kappa shape index (κ3) is 3.29. The molecule has 96 valence electrons. The predicted molar refractivity (Wildman–Crippen MR) is 70.6 cm³/mol. The molecule has 1 heterocycles. The lowest BCUT2D eigenvalue weighted by Crippen LogP contribution is -2.12. The molecule has 2 rings (SSSR count). The zero-order chi connectivity index (χ0) is 13.8. The number of nitrogens with zero attached hydrogens (tertiary/aromatic N) is 1. The lowest BCUT2D eigenvalue weighted by molar-refractivity contribution is 0.0690. The van der Waals surface area contributed by atoms with E-state index in [9.17, 15) is 9.59 Å². The van der Waals surface area contributed by atoms with E-state index >= 15 is 0 Å². The van der Waals surface area contributed by atoms with Gasteiger partial charge in [-0.15, -0.1) is 0 Å². The molecule has 19 heavy (non-hydrogen) atoms. The van der Waals surface area contributed by atoms with E-state index in [2.05, 4.69) is 10.3 Å². The number of carbonyl (C=O) groups excluding carboxylic acids is 1. The van der Waals surface area contributed by atoms with Gasteiger partial charge in [0.05, 0.1) is 0 Å². The van der Waals surface area contributed by atoms with Crippen LogP contribution in [0.15, 0.2) is 42.6 Å². The molecule has 0 fully saturated rings. The Kier molecular flexibility index (Phi) is 3.77. The maximum Gasteiger partial charge on any atom is 0.354 e. The second kappa shape index (κ2) is 5.49. The molecule has 0 bridgehead atoms. The molecule has 0 aliphatic heterocycles. The molecule has 0 aliphatic carbocycles. The van der Waals surface area contributed by atoms with Crippen LogP contribution in [0.4, 0.5) is 5.69 Å². The van der Waals surface area contributed by atoms with Gasteiger partial charge < -0.3 is 10.4 Å². The van der Waals surface area contributed by atoms with Crippen LogP contribution in [0.1, 0.15) is 20.8 Å². The number of pyridine rings is 1. The van der Waals surface area contributed by atoms with Crippen LogP contribution in [-0.4, -0.2) is 22.0 Å². The fourth-order valence-electron chi connectivity index (χ4n) is 1.43.